The number of pyridine rings is 1. The van der Waals surface area contributed by atoms with Gasteiger partial charge in [0.05, 0.1) is 17.7 Å². The predicted molar refractivity (Wildman–Crippen MR) is 106 cm³/mol. The zero-order valence-corrected chi connectivity index (χ0v) is 16.5. The Hall–Kier alpha value is -1.19. The van der Waals surface area contributed by atoms with Gasteiger partial charge >= 0.3 is 0 Å². The number of imidazole rings is 1. The van der Waals surface area contributed by atoms with Crippen molar-refractivity contribution < 1.29 is 9.53 Å². The Morgan fingerprint density at radius 1 is 1.28 bits per heavy atom. The maximum Gasteiger partial charge on any atom is 0.223 e. The molecule has 2 N–H and O–H groups in total. The SMILES string of the molecule is I.NC(=O)[C@H]1CCO[C@@H]1C1CCN(Cc2cn3ccccc3n2)CC1. The number of primary amides is 1. The minimum absolute atomic E-state index is 0. The second-order valence-electron chi connectivity index (χ2n) is 6.94. The Kier molecular flexibility index (Phi) is 5.96. The summed E-state index contributed by atoms with van der Waals surface area (Å²) in [5, 5.41) is 0. The highest BCUT2D eigenvalue weighted by Crippen LogP contribution is 2.33. The Balaban J connectivity index is 0.00000182. The van der Waals surface area contributed by atoms with Crippen LogP contribution < -0.4 is 5.73 Å². The van der Waals surface area contributed by atoms with Gasteiger partial charge < -0.3 is 14.9 Å². The minimum atomic E-state index is -0.204. The lowest BCUT2D eigenvalue weighted by Crippen LogP contribution is -2.41. The van der Waals surface area contributed by atoms with Crippen molar-refractivity contribution in [2.24, 2.45) is 17.6 Å². The molecule has 0 aliphatic carbocycles. The van der Waals surface area contributed by atoms with Crippen LogP contribution in [0.4, 0.5) is 0 Å². The third-order valence-corrected chi connectivity index (χ3v) is 5.40. The van der Waals surface area contributed by atoms with E-state index in [-0.39, 0.29) is 41.9 Å². The van der Waals surface area contributed by atoms with Gasteiger partial charge in [0.1, 0.15) is 5.65 Å². The number of rotatable bonds is 4. The van der Waals surface area contributed by atoms with Gasteiger partial charge in [-0.15, -0.1) is 24.0 Å². The lowest BCUT2D eigenvalue weighted by molar-refractivity contribution is -0.124. The molecule has 25 heavy (non-hydrogen) atoms. The van der Waals surface area contributed by atoms with E-state index in [9.17, 15) is 4.79 Å². The van der Waals surface area contributed by atoms with Crippen molar-refractivity contribution >= 4 is 35.5 Å². The number of piperidine rings is 1. The molecule has 2 fully saturated rings. The molecule has 0 radical (unpaired) electrons. The summed E-state index contributed by atoms with van der Waals surface area (Å²) in [6.45, 7) is 3.58. The molecule has 6 nitrogen and oxygen atoms in total. The van der Waals surface area contributed by atoms with E-state index in [1.165, 1.54) is 0 Å². The molecule has 136 valence electrons. The number of likely N-dealkylation sites (tertiary alicyclic amines) is 1. The van der Waals surface area contributed by atoms with Crippen molar-refractivity contribution in [3.05, 3.63) is 36.3 Å². The maximum atomic E-state index is 11.6. The quantitative estimate of drug-likeness (QED) is 0.716. The van der Waals surface area contributed by atoms with Crippen molar-refractivity contribution in [3.8, 4) is 0 Å². The zero-order chi connectivity index (χ0) is 16.5. The van der Waals surface area contributed by atoms with Gasteiger partial charge in [-0.2, -0.15) is 0 Å². The molecule has 2 atom stereocenters. The number of aromatic nitrogens is 2. The number of ether oxygens (including phenoxy) is 1. The highest BCUT2D eigenvalue weighted by Gasteiger charge is 2.39. The summed E-state index contributed by atoms with van der Waals surface area (Å²) in [4.78, 5) is 18.7. The van der Waals surface area contributed by atoms with Crippen LogP contribution in [-0.4, -0.2) is 46.0 Å². The van der Waals surface area contributed by atoms with E-state index in [4.69, 9.17) is 10.5 Å². The van der Waals surface area contributed by atoms with Crippen LogP contribution in [0.3, 0.4) is 0 Å². The highest BCUT2D eigenvalue weighted by molar-refractivity contribution is 14.0. The number of carbonyl (C=O) groups is 1. The molecule has 2 aromatic rings. The predicted octanol–water partition coefficient (Wildman–Crippen LogP) is 2.05. The second-order valence-corrected chi connectivity index (χ2v) is 6.94. The molecule has 2 aliphatic rings. The minimum Gasteiger partial charge on any atom is -0.377 e. The van der Waals surface area contributed by atoms with Gasteiger partial charge in [-0.3, -0.25) is 9.69 Å². The van der Waals surface area contributed by atoms with E-state index in [2.05, 4.69) is 20.5 Å². The van der Waals surface area contributed by atoms with Crippen LogP contribution in [-0.2, 0) is 16.1 Å². The fraction of sp³-hybridized carbons (Fsp3) is 0.556. The number of nitrogens with two attached hydrogens (primary N) is 1. The average molecular weight is 456 g/mol. The molecule has 0 aromatic carbocycles. The van der Waals surface area contributed by atoms with Crippen LogP contribution in [0.15, 0.2) is 30.6 Å². The summed E-state index contributed by atoms with van der Waals surface area (Å²) < 4.78 is 7.89. The molecule has 2 aliphatic heterocycles. The Morgan fingerprint density at radius 3 is 2.80 bits per heavy atom. The third-order valence-electron chi connectivity index (χ3n) is 5.40. The average Bonchev–Trinajstić information content (AvgIpc) is 3.21. The van der Waals surface area contributed by atoms with Crippen LogP contribution >= 0.6 is 24.0 Å². The van der Waals surface area contributed by atoms with Crippen molar-refractivity contribution in [2.75, 3.05) is 19.7 Å². The molecular weight excluding hydrogens is 431 g/mol. The fourth-order valence-electron chi connectivity index (χ4n) is 4.11. The van der Waals surface area contributed by atoms with E-state index in [0.717, 1.165) is 50.2 Å². The fourth-order valence-corrected chi connectivity index (χ4v) is 4.11. The first kappa shape index (κ1) is 18.6. The number of halogens is 1. The van der Waals surface area contributed by atoms with Gasteiger partial charge in [0.15, 0.2) is 0 Å². The molecule has 7 heteroatoms. The lowest BCUT2D eigenvalue weighted by atomic mass is 9.84. The van der Waals surface area contributed by atoms with E-state index < -0.39 is 0 Å². The van der Waals surface area contributed by atoms with Crippen LogP contribution in [0.25, 0.3) is 5.65 Å². The summed E-state index contributed by atoms with van der Waals surface area (Å²) in [6, 6.07) is 6.05. The molecule has 2 aromatic heterocycles. The molecule has 4 heterocycles. The number of carbonyl (C=O) groups excluding carboxylic acids is 1. The Labute approximate surface area is 164 Å². The highest BCUT2D eigenvalue weighted by atomic mass is 127. The van der Waals surface area contributed by atoms with Crippen LogP contribution in [0.5, 0.6) is 0 Å². The second kappa shape index (κ2) is 8.01. The molecule has 1 amide bonds. The Morgan fingerprint density at radius 2 is 2.08 bits per heavy atom. The molecule has 0 unspecified atom stereocenters. The summed E-state index contributed by atoms with van der Waals surface area (Å²) in [5.41, 5.74) is 7.62. The van der Waals surface area contributed by atoms with Crippen molar-refractivity contribution in [1.82, 2.24) is 14.3 Å². The van der Waals surface area contributed by atoms with Crippen LogP contribution in [0.1, 0.15) is 25.0 Å². The largest absolute Gasteiger partial charge is 0.377 e. The monoisotopic (exact) mass is 456 g/mol. The van der Waals surface area contributed by atoms with E-state index >= 15 is 0 Å². The number of fused-ring (bicyclic) bond motifs is 1. The number of hydrogen-bond donors (Lipinski definition) is 1. The summed E-state index contributed by atoms with van der Waals surface area (Å²) >= 11 is 0. The molecule has 0 spiro atoms. The first-order valence-corrected chi connectivity index (χ1v) is 8.76. The topological polar surface area (TPSA) is 72.9 Å². The first-order valence-electron chi connectivity index (χ1n) is 8.76. The summed E-state index contributed by atoms with van der Waals surface area (Å²) in [5.74, 6) is 0.145. The standard InChI is InChI=1S/C18H24N4O2.HI/c19-18(23)15-6-10-24-17(15)13-4-8-21(9-5-13)11-14-12-22-7-2-1-3-16(22)20-14;/h1-3,7,12-13,15,17H,4-6,8-11H2,(H2,19,23);1H/t15-,17+;/m0./s1. The van der Waals surface area contributed by atoms with Gasteiger partial charge in [0.25, 0.3) is 0 Å². The normalized spacial score (nSPS) is 25.1. The number of amides is 1. The third kappa shape index (κ3) is 3.98. The molecular formula is C18H25IN4O2. The molecule has 0 saturated carbocycles. The van der Waals surface area contributed by atoms with Gasteiger partial charge in [0, 0.05) is 25.5 Å². The van der Waals surface area contributed by atoms with Gasteiger partial charge in [0.2, 0.25) is 5.91 Å². The zero-order valence-electron chi connectivity index (χ0n) is 14.2. The molecule has 4 rings (SSSR count). The molecule has 2 saturated heterocycles. The lowest BCUT2D eigenvalue weighted by Gasteiger charge is -2.35. The van der Waals surface area contributed by atoms with Crippen LogP contribution in [0.2, 0.25) is 0 Å². The van der Waals surface area contributed by atoms with E-state index in [1.54, 1.807) is 0 Å². The van der Waals surface area contributed by atoms with Crippen molar-refractivity contribution in [3.63, 3.8) is 0 Å². The van der Waals surface area contributed by atoms with Gasteiger partial charge in [-0.05, 0) is 50.4 Å². The first-order chi connectivity index (χ1) is 11.7. The smallest absolute Gasteiger partial charge is 0.223 e. The van der Waals surface area contributed by atoms with Crippen LogP contribution in [0, 0.1) is 11.8 Å². The van der Waals surface area contributed by atoms with Gasteiger partial charge in [-0.25, -0.2) is 4.98 Å². The maximum absolute atomic E-state index is 11.6. The van der Waals surface area contributed by atoms with Crippen molar-refractivity contribution in [2.45, 2.75) is 31.9 Å². The summed E-state index contributed by atoms with van der Waals surface area (Å²) in [7, 11) is 0. The van der Waals surface area contributed by atoms with Crippen molar-refractivity contribution in [1.29, 1.82) is 0 Å². The number of nitrogens with zero attached hydrogens (tertiary/aromatic N) is 3. The molecule has 0 bridgehead atoms. The van der Waals surface area contributed by atoms with E-state index in [0.29, 0.717) is 12.5 Å². The van der Waals surface area contributed by atoms with E-state index in [1.807, 2.05) is 24.4 Å². The van der Waals surface area contributed by atoms with Gasteiger partial charge in [-0.1, -0.05) is 6.07 Å². The Bertz CT molecular complexity index is 694. The summed E-state index contributed by atoms with van der Waals surface area (Å²) in [6.07, 6.45) is 7.05. The number of hydrogen-bond acceptors (Lipinski definition) is 4.